The van der Waals surface area contributed by atoms with E-state index in [1.807, 2.05) is 38.1 Å². The average molecular weight is 592 g/mol. The molecule has 2 aromatic carbocycles. The number of nitrogens with zero attached hydrogens (tertiary/aromatic N) is 2. The molecule has 1 atom stereocenters. The van der Waals surface area contributed by atoms with Crippen molar-refractivity contribution >= 4 is 39.1 Å². The largest absolute Gasteiger partial charge is 0.497 e. The van der Waals surface area contributed by atoms with Gasteiger partial charge in [0.1, 0.15) is 11.8 Å². The van der Waals surface area contributed by atoms with Crippen molar-refractivity contribution in [1.29, 1.82) is 0 Å². The van der Waals surface area contributed by atoms with Crippen LogP contribution < -0.4 is 14.4 Å². The Morgan fingerprint density at radius 1 is 1.12 bits per heavy atom. The van der Waals surface area contributed by atoms with Crippen LogP contribution in [-0.2, 0) is 26.2 Å². The van der Waals surface area contributed by atoms with E-state index in [1.54, 1.807) is 30.2 Å². The smallest absolute Gasteiger partial charge is 0.243 e. The number of rotatable bonds is 13. The summed E-state index contributed by atoms with van der Waals surface area (Å²) in [7, 11) is -2.02. The Kier molecular flexibility index (Phi) is 11.7. The number of halogens is 1. The molecule has 0 saturated heterocycles. The Labute approximate surface area is 244 Å². The summed E-state index contributed by atoms with van der Waals surface area (Å²) < 4.78 is 32.0. The molecule has 220 valence electrons. The second-order valence-corrected chi connectivity index (χ2v) is 12.9. The number of ether oxygens (including phenoxy) is 1. The van der Waals surface area contributed by atoms with Gasteiger partial charge >= 0.3 is 0 Å². The highest BCUT2D eigenvalue weighted by Gasteiger charge is 2.30. The van der Waals surface area contributed by atoms with E-state index in [4.69, 9.17) is 16.3 Å². The van der Waals surface area contributed by atoms with E-state index >= 15 is 0 Å². The van der Waals surface area contributed by atoms with E-state index in [0.717, 1.165) is 43.1 Å². The number of hydrogen-bond acceptors (Lipinski definition) is 5. The van der Waals surface area contributed by atoms with Crippen molar-refractivity contribution in [2.45, 2.75) is 83.8 Å². The first-order valence-corrected chi connectivity index (χ1v) is 16.2. The molecule has 0 bridgehead atoms. The lowest BCUT2D eigenvalue weighted by atomic mass is 9.95. The number of carbonyl (C=O) groups excluding carboxylic acids is 2. The summed E-state index contributed by atoms with van der Waals surface area (Å²) in [5.41, 5.74) is 2.11. The van der Waals surface area contributed by atoms with Crippen LogP contribution in [0.5, 0.6) is 5.75 Å². The van der Waals surface area contributed by atoms with Crippen LogP contribution in [0.2, 0.25) is 5.02 Å². The summed E-state index contributed by atoms with van der Waals surface area (Å²) in [4.78, 5) is 28.8. The van der Waals surface area contributed by atoms with Crippen LogP contribution in [-0.4, -0.2) is 57.1 Å². The van der Waals surface area contributed by atoms with Crippen LogP contribution in [0.1, 0.15) is 69.4 Å². The fourth-order valence-electron chi connectivity index (χ4n) is 5.26. The standard InChI is InChI=1S/C30H42ClN3O5S/c1-5-27(30(36)32-25-12-7-6-8-13-25)33(21-23-11-9-14-26(19-23)39-3)29(35)15-10-18-34(40(4,37)38)28-20-24(31)17-16-22(28)2/h9,11,14,16-17,19-20,25,27H,5-8,10,12-13,15,18,21H2,1-4H3,(H,32,36). The van der Waals surface area contributed by atoms with Gasteiger partial charge in [0.25, 0.3) is 0 Å². The first-order chi connectivity index (χ1) is 19.0. The van der Waals surface area contributed by atoms with Gasteiger partial charge in [0.05, 0.1) is 19.1 Å². The maximum atomic E-state index is 13.7. The fourth-order valence-corrected chi connectivity index (χ4v) is 6.45. The zero-order valence-corrected chi connectivity index (χ0v) is 25.6. The van der Waals surface area contributed by atoms with E-state index < -0.39 is 16.1 Å². The molecule has 1 aliphatic carbocycles. The van der Waals surface area contributed by atoms with Crippen LogP contribution in [0.25, 0.3) is 0 Å². The van der Waals surface area contributed by atoms with Crippen LogP contribution >= 0.6 is 11.6 Å². The van der Waals surface area contributed by atoms with E-state index in [9.17, 15) is 18.0 Å². The predicted octanol–water partition coefficient (Wildman–Crippen LogP) is 5.46. The lowest BCUT2D eigenvalue weighted by Gasteiger charge is -2.33. The van der Waals surface area contributed by atoms with Crippen molar-refractivity contribution in [2.75, 3.05) is 24.2 Å². The molecule has 40 heavy (non-hydrogen) atoms. The molecule has 1 aliphatic rings. The Balaban J connectivity index is 1.79. The SMILES string of the molecule is CCC(C(=O)NC1CCCCC1)N(Cc1cccc(OC)c1)C(=O)CCCN(c1cc(Cl)ccc1C)S(C)(=O)=O. The first kappa shape index (κ1) is 31.7. The van der Waals surface area contributed by atoms with Gasteiger partial charge in [-0.3, -0.25) is 13.9 Å². The Morgan fingerprint density at radius 2 is 1.85 bits per heavy atom. The van der Waals surface area contributed by atoms with Crippen molar-refractivity contribution in [3.8, 4) is 5.75 Å². The van der Waals surface area contributed by atoms with Crippen LogP contribution in [0.4, 0.5) is 5.69 Å². The van der Waals surface area contributed by atoms with Gasteiger partial charge in [0, 0.05) is 30.6 Å². The summed E-state index contributed by atoms with van der Waals surface area (Å²) in [6, 6.07) is 12.1. The number of methoxy groups -OCH3 is 1. The number of nitrogens with one attached hydrogen (secondary N) is 1. The molecule has 3 rings (SSSR count). The van der Waals surface area contributed by atoms with Gasteiger partial charge in [-0.2, -0.15) is 0 Å². The lowest BCUT2D eigenvalue weighted by molar-refractivity contribution is -0.141. The molecule has 0 spiro atoms. The normalized spacial score (nSPS) is 14.8. The van der Waals surface area contributed by atoms with Gasteiger partial charge in [0.2, 0.25) is 21.8 Å². The van der Waals surface area contributed by atoms with Gasteiger partial charge in [-0.15, -0.1) is 0 Å². The number of sulfonamides is 1. The highest BCUT2D eigenvalue weighted by Crippen LogP contribution is 2.27. The molecular formula is C30H42ClN3O5S. The summed E-state index contributed by atoms with van der Waals surface area (Å²) in [6.45, 7) is 4.09. The van der Waals surface area contributed by atoms with Crippen molar-refractivity contribution in [1.82, 2.24) is 10.2 Å². The molecule has 1 fully saturated rings. The molecule has 2 aromatic rings. The molecule has 0 heterocycles. The number of carbonyl (C=O) groups is 2. The van der Waals surface area contributed by atoms with Crippen LogP contribution in [0.3, 0.4) is 0 Å². The van der Waals surface area contributed by atoms with Gasteiger partial charge in [-0.1, -0.05) is 56.0 Å². The second kappa shape index (κ2) is 14.7. The van der Waals surface area contributed by atoms with Gasteiger partial charge in [-0.25, -0.2) is 8.42 Å². The summed E-state index contributed by atoms with van der Waals surface area (Å²) in [5.74, 6) is 0.327. The highest BCUT2D eigenvalue weighted by atomic mass is 35.5. The van der Waals surface area contributed by atoms with Crippen molar-refractivity contribution in [3.05, 3.63) is 58.6 Å². The summed E-state index contributed by atoms with van der Waals surface area (Å²) in [6.07, 6.45) is 7.26. The molecule has 1 N–H and O–H groups in total. The summed E-state index contributed by atoms with van der Waals surface area (Å²) >= 11 is 6.16. The van der Waals surface area contributed by atoms with Crippen molar-refractivity contribution < 1.29 is 22.7 Å². The molecule has 0 radical (unpaired) electrons. The van der Waals surface area contributed by atoms with Gasteiger partial charge in [0.15, 0.2) is 0 Å². The molecule has 2 amide bonds. The third-order valence-electron chi connectivity index (χ3n) is 7.42. The maximum Gasteiger partial charge on any atom is 0.243 e. The highest BCUT2D eigenvalue weighted by molar-refractivity contribution is 7.92. The average Bonchev–Trinajstić information content (AvgIpc) is 2.92. The molecule has 0 aliphatic heterocycles. The molecular weight excluding hydrogens is 550 g/mol. The number of benzene rings is 2. The Bertz CT molecular complexity index is 1260. The minimum absolute atomic E-state index is 0.0861. The maximum absolute atomic E-state index is 13.7. The van der Waals surface area contributed by atoms with E-state index in [0.29, 0.717) is 22.9 Å². The monoisotopic (exact) mass is 591 g/mol. The minimum atomic E-state index is -3.61. The second-order valence-electron chi connectivity index (χ2n) is 10.5. The van der Waals surface area contributed by atoms with E-state index in [1.165, 1.54) is 10.7 Å². The predicted molar refractivity (Wildman–Crippen MR) is 160 cm³/mol. The zero-order chi connectivity index (χ0) is 29.3. The summed E-state index contributed by atoms with van der Waals surface area (Å²) in [5, 5.41) is 3.62. The molecule has 1 saturated carbocycles. The quantitative estimate of drug-likeness (QED) is 0.334. The number of aryl methyl sites for hydroxylation is 1. The third kappa shape index (κ3) is 8.86. The van der Waals surface area contributed by atoms with E-state index in [-0.39, 0.29) is 43.8 Å². The Hall–Kier alpha value is -2.78. The minimum Gasteiger partial charge on any atom is -0.497 e. The lowest BCUT2D eigenvalue weighted by Crippen LogP contribution is -2.51. The first-order valence-electron chi connectivity index (χ1n) is 14.0. The Morgan fingerprint density at radius 3 is 2.50 bits per heavy atom. The molecule has 10 heteroatoms. The van der Waals surface area contributed by atoms with Crippen molar-refractivity contribution in [2.24, 2.45) is 0 Å². The van der Waals surface area contributed by atoms with Gasteiger partial charge in [-0.05, 0) is 68.0 Å². The molecule has 8 nitrogen and oxygen atoms in total. The van der Waals surface area contributed by atoms with Crippen molar-refractivity contribution in [3.63, 3.8) is 0 Å². The van der Waals surface area contributed by atoms with E-state index in [2.05, 4.69) is 5.32 Å². The van der Waals surface area contributed by atoms with Crippen LogP contribution in [0, 0.1) is 6.92 Å². The third-order valence-corrected chi connectivity index (χ3v) is 8.83. The molecule has 1 unspecified atom stereocenters. The number of amides is 2. The number of anilines is 1. The zero-order valence-electron chi connectivity index (χ0n) is 24.0. The topological polar surface area (TPSA) is 96.0 Å². The number of hydrogen-bond donors (Lipinski definition) is 1. The molecule has 0 aromatic heterocycles. The van der Waals surface area contributed by atoms with Gasteiger partial charge < -0.3 is 15.0 Å². The van der Waals surface area contributed by atoms with Crippen LogP contribution in [0.15, 0.2) is 42.5 Å². The fraction of sp³-hybridized carbons (Fsp3) is 0.533.